The second kappa shape index (κ2) is 9.51. The first-order valence-corrected chi connectivity index (χ1v) is 9.17. The van der Waals surface area contributed by atoms with Gasteiger partial charge in [-0.3, -0.25) is 18.9 Å². The summed E-state index contributed by atoms with van der Waals surface area (Å²) in [6, 6.07) is 14.1. The summed E-state index contributed by atoms with van der Waals surface area (Å²) in [6.07, 6.45) is 4.60. The summed E-state index contributed by atoms with van der Waals surface area (Å²) < 4.78 is 13.0. The molecule has 0 bridgehead atoms. The van der Waals surface area contributed by atoms with Gasteiger partial charge in [0.1, 0.15) is 19.0 Å². The van der Waals surface area contributed by atoms with Crippen molar-refractivity contribution in [2.24, 2.45) is 14.1 Å². The number of pyridine rings is 1. The van der Waals surface area contributed by atoms with Crippen LogP contribution in [0.2, 0.25) is 0 Å². The van der Waals surface area contributed by atoms with E-state index >= 15 is 0 Å². The normalized spacial score (nSPS) is 10.9. The average molecular weight is 407 g/mol. The zero-order valence-corrected chi connectivity index (χ0v) is 16.6. The van der Waals surface area contributed by atoms with Crippen molar-refractivity contribution in [3.63, 3.8) is 0 Å². The van der Waals surface area contributed by atoms with Crippen molar-refractivity contribution >= 4 is 12.0 Å². The molecule has 8 nitrogen and oxygen atoms in total. The maximum atomic E-state index is 12.0. The van der Waals surface area contributed by atoms with Crippen LogP contribution in [0.5, 0.6) is 5.75 Å². The van der Waals surface area contributed by atoms with Gasteiger partial charge in [0, 0.05) is 32.4 Å². The minimum atomic E-state index is -0.585. The summed E-state index contributed by atoms with van der Waals surface area (Å²) in [7, 11) is 2.90. The van der Waals surface area contributed by atoms with Gasteiger partial charge in [0.05, 0.1) is 11.4 Å². The second-order valence-electron chi connectivity index (χ2n) is 6.49. The minimum Gasteiger partial charge on any atom is -0.487 e. The molecule has 0 aliphatic carbocycles. The Labute approximate surface area is 172 Å². The Hall–Kier alpha value is -3.94. The molecule has 0 amide bonds. The molecule has 0 aliphatic rings. The molecule has 0 radical (unpaired) electrons. The van der Waals surface area contributed by atoms with Crippen LogP contribution in [0.3, 0.4) is 0 Å². The largest absolute Gasteiger partial charge is 0.487 e. The number of hydrogen-bond donors (Lipinski definition) is 0. The van der Waals surface area contributed by atoms with Gasteiger partial charge in [0.2, 0.25) is 0 Å². The summed E-state index contributed by atoms with van der Waals surface area (Å²) in [5, 5.41) is 0. The van der Waals surface area contributed by atoms with E-state index in [2.05, 4.69) is 4.98 Å². The molecule has 0 saturated carbocycles. The number of esters is 1. The van der Waals surface area contributed by atoms with Gasteiger partial charge < -0.3 is 9.47 Å². The number of benzene rings is 1. The van der Waals surface area contributed by atoms with E-state index in [0.717, 1.165) is 15.8 Å². The van der Waals surface area contributed by atoms with Gasteiger partial charge in [-0.05, 0) is 35.9 Å². The van der Waals surface area contributed by atoms with Crippen molar-refractivity contribution in [3.8, 4) is 5.75 Å². The lowest BCUT2D eigenvalue weighted by molar-refractivity contribution is -0.139. The number of rotatable bonds is 7. The summed E-state index contributed by atoms with van der Waals surface area (Å²) in [4.78, 5) is 39.7. The molecule has 0 N–H and O–H groups in total. The highest BCUT2D eigenvalue weighted by atomic mass is 16.5. The van der Waals surface area contributed by atoms with Crippen molar-refractivity contribution in [3.05, 3.63) is 98.6 Å². The van der Waals surface area contributed by atoms with E-state index in [1.54, 1.807) is 24.4 Å². The summed E-state index contributed by atoms with van der Waals surface area (Å²) in [6.45, 7) is 0.193. The Kier molecular flexibility index (Phi) is 6.59. The van der Waals surface area contributed by atoms with E-state index in [1.165, 1.54) is 30.8 Å². The number of nitrogens with zero attached hydrogens (tertiary/aromatic N) is 3. The Balaban J connectivity index is 1.54. The van der Waals surface area contributed by atoms with E-state index in [9.17, 15) is 14.4 Å². The van der Waals surface area contributed by atoms with Crippen LogP contribution in [-0.2, 0) is 36.8 Å². The van der Waals surface area contributed by atoms with Crippen LogP contribution >= 0.6 is 0 Å². The van der Waals surface area contributed by atoms with Crippen LogP contribution in [0.25, 0.3) is 6.08 Å². The Bertz CT molecular complexity index is 1160. The van der Waals surface area contributed by atoms with Gasteiger partial charge in [-0.25, -0.2) is 9.59 Å². The van der Waals surface area contributed by atoms with Gasteiger partial charge in [-0.15, -0.1) is 0 Å². The van der Waals surface area contributed by atoms with E-state index in [-0.39, 0.29) is 6.61 Å². The number of carbonyl (C=O) groups is 1. The predicted molar refractivity (Wildman–Crippen MR) is 111 cm³/mol. The third-order valence-corrected chi connectivity index (χ3v) is 4.39. The topological polar surface area (TPSA) is 92.4 Å². The molecule has 1 aromatic carbocycles. The smallest absolute Gasteiger partial charge is 0.331 e. The second-order valence-corrected chi connectivity index (χ2v) is 6.49. The van der Waals surface area contributed by atoms with Gasteiger partial charge in [-0.2, -0.15) is 0 Å². The number of ether oxygens (including phenoxy) is 2. The van der Waals surface area contributed by atoms with Gasteiger partial charge in [-0.1, -0.05) is 18.2 Å². The average Bonchev–Trinajstić information content (AvgIpc) is 2.77. The van der Waals surface area contributed by atoms with Gasteiger partial charge in [0.25, 0.3) is 5.56 Å². The molecule has 154 valence electrons. The van der Waals surface area contributed by atoms with Crippen LogP contribution in [0.4, 0.5) is 0 Å². The lowest BCUT2D eigenvalue weighted by Crippen LogP contribution is -2.38. The summed E-state index contributed by atoms with van der Waals surface area (Å²) in [5.74, 6) is 0.102. The SMILES string of the molecule is Cn1c(COC(=O)C=Cc2ccc(OCc3ccccn3)cc2)cc(=O)n(C)c1=O. The van der Waals surface area contributed by atoms with Crippen LogP contribution in [0.1, 0.15) is 17.0 Å². The number of hydrogen-bond acceptors (Lipinski definition) is 6. The molecule has 0 unspecified atom stereocenters. The summed E-state index contributed by atoms with van der Waals surface area (Å²) in [5.41, 5.74) is 1.01. The van der Waals surface area contributed by atoms with Crippen molar-refractivity contribution in [2.45, 2.75) is 13.2 Å². The minimum absolute atomic E-state index is 0.175. The third kappa shape index (κ3) is 5.32. The van der Waals surface area contributed by atoms with E-state index in [4.69, 9.17) is 9.47 Å². The Morgan fingerprint density at radius 3 is 2.50 bits per heavy atom. The van der Waals surface area contributed by atoms with Gasteiger partial charge >= 0.3 is 11.7 Å². The van der Waals surface area contributed by atoms with Crippen LogP contribution < -0.4 is 16.0 Å². The van der Waals surface area contributed by atoms with Gasteiger partial charge in [0.15, 0.2) is 0 Å². The fraction of sp³-hybridized carbons (Fsp3) is 0.182. The zero-order chi connectivity index (χ0) is 21.5. The maximum absolute atomic E-state index is 12.0. The molecule has 0 spiro atoms. The van der Waals surface area contributed by atoms with Crippen LogP contribution in [0, 0.1) is 0 Å². The number of aromatic nitrogens is 3. The Morgan fingerprint density at radius 1 is 1.03 bits per heavy atom. The summed E-state index contributed by atoms with van der Waals surface area (Å²) >= 11 is 0. The highest BCUT2D eigenvalue weighted by molar-refractivity contribution is 5.87. The molecule has 30 heavy (non-hydrogen) atoms. The fourth-order valence-corrected chi connectivity index (χ4v) is 2.59. The van der Waals surface area contributed by atoms with Crippen molar-refractivity contribution in [1.82, 2.24) is 14.1 Å². The third-order valence-electron chi connectivity index (χ3n) is 4.39. The highest BCUT2D eigenvalue weighted by Gasteiger charge is 2.07. The molecule has 0 atom stereocenters. The first-order valence-electron chi connectivity index (χ1n) is 9.17. The monoisotopic (exact) mass is 407 g/mol. The van der Waals surface area contributed by atoms with Crippen molar-refractivity contribution in [2.75, 3.05) is 0 Å². The standard InChI is InChI=1S/C22H21N3O5/c1-24-18(13-20(26)25(2)22(24)28)15-30-21(27)11-8-16-6-9-19(10-7-16)29-14-17-5-3-4-12-23-17/h3-13H,14-15H2,1-2H3. The predicted octanol–water partition coefficient (Wildman–Crippen LogP) is 1.81. The molecule has 0 saturated heterocycles. The molecule has 0 fully saturated rings. The lowest BCUT2D eigenvalue weighted by Gasteiger charge is -2.09. The van der Waals surface area contributed by atoms with E-state index in [0.29, 0.717) is 18.1 Å². The molecule has 2 aromatic heterocycles. The molecular weight excluding hydrogens is 386 g/mol. The highest BCUT2D eigenvalue weighted by Crippen LogP contribution is 2.14. The fourth-order valence-electron chi connectivity index (χ4n) is 2.59. The molecule has 2 heterocycles. The van der Waals surface area contributed by atoms with Crippen LogP contribution in [0.15, 0.2) is 70.4 Å². The first kappa shape index (κ1) is 20.8. The molecule has 3 aromatic rings. The van der Waals surface area contributed by atoms with Crippen LogP contribution in [-0.4, -0.2) is 20.1 Å². The molecule has 8 heteroatoms. The number of carbonyl (C=O) groups excluding carboxylic acids is 1. The van der Waals surface area contributed by atoms with Crippen molar-refractivity contribution < 1.29 is 14.3 Å². The van der Waals surface area contributed by atoms with E-state index in [1.807, 2.05) is 30.3 Å². The zero-order valence-electron chi connectivity index (χ0n) is 16.6. The van der Waals surface area contributed by atoms with E-state index < -0.39 is 17.2 Å². The quantitative estimate of drug-likeness (QED) is 0.438. The molecule has 3 rings (SSSR count). The van der Waals surface area contributed by atoms with Crippen molar-refractivity contribution in [1.29, 1.82) is 0 Å². The maximum Gasteiger partial charge on any atom is 0.331 e. The first-order chi connectivity index (χ1) is 14.4. The molecule has 0 aliphatic heterocycles. The Morgan fingerprint density at radius 2 is 1.80 bits per heavy atom. The lowest BCUT2D eigenvalue weighted by atomic mass is 10.2. The molecular formula is C22H21N3O5.